The molecule has 1 radical (unpaired) electrons. The van der Waals surface area contributed by atoms with Crippen molar-refractivity contribution in [2.24, 2.45) is 17.8 Å². The highest BCUT2D eigenvalue weighted by atomic mass is 14.3. The first-order valence-electron chi connectivity index (χ1n) is 6.58. The van der Waals surface area contributed by atoms with E-state index in [1.165, 1.54) is 18.4 Å². The molecule has 1 aromatic rings. The van der Waals surface area contributed by atoms with Crippen LogP contribution in [-0.2, 0) is 0 Å². The van der Waals surface area contributed by atoms with Crippen molar-refractivity contribution in [2.75, 3.05) is 0 Å². The Morgan fingerprint density at radius 2 is 1.75 bits per heavy atom. The summed E-state index contributed by atoms with van der Waals surface area (Å²) in [7, 11) is 0. The van der Waals surface area contributed by atoms with Crippen LogP contribution >= 0.6 is 0 Å². The van der Waals surface area contributed by atoms with Gasteiger partial charge in [-0.05, 0) is 48.5 Å². The fourth-order valence-electron chi connectivity index (χ4n) is 2.86. The van der Waals surface area contributed by atoms with E-state index in [1.54, 1.807) is 0 Å². The van der Waals surface area contributed by atoms with E-state index >= 15 is 0 Å². The second-order valence-electron chi connectivity index (χ2n) is 5.59. The summed E-state index contributed by atoms with van der Waals surface area (Å²) in [5.74, 6) is 3.07. The summed E-state index contributed by atoms with van der Waals surface area (Å²) < 4.78 is 0. The van der Waals surface area contributed by atoms with E-state index in [0.717, 1.165) is 17.8 Å². The molecule has 1 aliphatic carbocycles. The molecule has 1 aromatic carbocycles. The summed E-state index contributed by atoms with van der Waals surface area (Å²) in [5, 5.41) is 0. The van der Waals surface area contributed by atoms with E-state index in [0.29, 0.717) is 5.92 Å². The SMILES string of the molecule is CC(C)C1[CH]C(c2ccccc2)C(C)CC1. The zero-order valence-electron chi connectivity index (χ0n) is 10.7. The van der Waals surface area contributed by atoms with Gasteiger partial charge >= 0.3 is 0 Å². The highest BCUT2D eigenvalue weighted by Crippen LogP contribution is 2.41. The Bertz CT molecular complexity index is 312. The van der Waals surface area contributed by atoms with Crippen molar-refractivity contribution in [3.05, 3.63) is 42.3 Å². The highest BCUT2D eigenvalue weighted by Gasteiger charge is 2.30. The van der Waals surface area contributed by atoms with Gasteiger partial charge in [-0.15, -0.1) is 0 Å². The molecule has 0 nitrogen and oxygen atoms in total. The smallest absolute Gasteiger partial charge is 0.0102 e. The Balaban J connectivity index is 2.13. The van der Waals surface area contributed by atoms with Gasteiger partial charge < -0.3 is 0 Å². The van der Waals surface area contributed by atoms with Crippen LogP contribution in [0, 0.1) is 24.2 Å². The summed E-state index contributed by atoms with van der Waals surface area (Å²) in [6, 6.07) is 11.0. The molecule has 2 rings (SSSR count). The molecule has 0 bridgehead atoms. The molecule has 1 aliphatic rings. The number of hydrogen-bond acceptors (Lipinski definition) is 0. The lowest BCUT2D eigenvalue weighted by atomic mass is 9.69. The maximum absolute atomic E-state index is 2.61. The van der Waals surface area contributed by atoms with Gasteiger partial charge in [-0.25, -0.2) is 0 Å². The van der Waals surface area contributed by atoms with Crippen molar-refractivity contribution in [1.82, 2.24) is 0 Å². The normalized spacial score (nSPS) is 30.6. The van der Waals surface area contributed by atoms with E-state index < -0.39 is 0 Å². The molecule has 0 N–H and O–H groups in total. The minimum Gasteiger partial charge on any atom is -0.0625 e. The molecular weight excluding hydrogens is 192 g/mol. The van der Waals surface area contributed by atoms with Crippen molar-refractivity contribution >= 4 is 0 Å². The van der Waals surface area contributed by atoms with Gasteiger partial charge in [0.2, 0.25) is 0 Å². The second kappa shape index (κ2) is 5.03. The fourth-order valence-corrected chi connectivity index (χ4v) is 2.86. The van der Waals surface area contributed by atoms with Crippen LogP contribution in [0.5, 0.6) is 0 Å². The standard InChI is InChI=1S/C16H23/c1-12(2)15-10-9-13(3)16(11-15)14-7-5-4-6-8-14/h4-8,11-13,15-16H,9-10H2,1-3H3. The fraction of sp³-hybridized carbons (Fsp3) is 0.562. The molecule has 3 atom stereocenters. The highest BCUT2D eigenvalue weighted by molar-refractivity contribution is 5.24. The Morgan fingerprint density at radius 1 is 1.06 bits per heavy atom. The first kappa shape index (κ1) is 11.7. The number of hydrogen-bond donors (Lipinski definition) is 0. The molecule has 3 unspecified atom stereocenters. The maximum atomic E-state index is 2.61. The van der Waals surface area contributed by atoms with Gasteiger partial charge in [0.1, 0.15) is 0 Å². The zero-order chi connectivity index (χ0) is 11.5. The molecule has 1 fully saturated rings. The molecule has 16 heavy (non-hydrogen) atoms. The Hall–Kier alpha value is -0.780. The van der Waals surface area contributed by atoms with Gasteiger partial charge in [-0.1, -0.05) is 51.1 Å². The van der Waals surface area contributed by atoms with Crippen LogP contribution in [-0.4, -0.2) is 0 Å². The summed E-state index contributed by atoms with van der Waals surface area (Å²) in [5.41, 5.74) is 1.50. The van der Waals surface area contributed by atoms with E-state index in [2.05, 4.69) is 57.5 Å². The van der Waals surface area contributed by atoms with E-state index in [1.807, 2.05) is 0 Å². The lowest BCUT2D eigenvalue weighted by Gasteiger charge is -2.36. The van der Waals surface area contributed by atoms with Crippen LogP contribution in [0.3, 0.4) is 0 Å². The Kier molecular flexibility index (Phi) is 3.68. The van der Waals surface area contributed by atoms with Gasteiger partial charge in [0, 0.05) is 0 Å². The molecule has 0 aromatic heterocycles. The lowest BCUT2D eigenvalue weighted by Crippen LogP contribution is -2.25. The van der Waals surface area contributed by atoms with Gasteiger partial charge in [0.25, 0.3) is 0 Å². The topological polar surface area (TPSA) is 0 Å². The summed E-state index contributed by atoms with van der Waals surface area (Å²) >= 11 is 0. The van der Waals surface area contributed by atoms with Crippen LogP contribution in [0.15, 0.2) is 30.3 Å². The lowest BCUT2D eigenvalue weighted by molar-refractivity contribution is 0.274. The molecule has 0 spiro atoms. The minimum atomic E-state index is 0.669. The number of benzene rings is 1. The molecule has 87 valence electrons. The molecule has 0 amide bonds. The van der Waals surface area contributed by atoms with Crippen molar-refractivity contribution < 1.29 is 0 Å². The van der Waals surface area contributed by atoms with Crippen molar-refractivity contribution in [3.8, 4) is 0 Å². The van der Waals surface area contributed by atoms with Crippen LogP contribution in [0.2, 0.25) is 0 Å². The molecule has 1 saturated carbocycles. The summed E-state index contributed by atoms with van der Waals surface area (Å²) in [6.07, 6.45) is 5.36. The van der Waals surface area contributed by atoms with Crippen LogP contribution in [0.25, 0.3) is 0 Å². The van der Waals surface area contributed by atoms with Crippen molar-refractivity contribution in [2.45, 2.75) is 39.5 Å². The monoisotopic (exact) mass is 215 g/mol. The molecule has 0 heteroatoms. The summed E-state index contributed by atoms with van der Waals surface area (Å²) in [6.45, 7) is 7.09. The van der Waals surface area contributed by atoms with Gasteiger partial charge in [-0.2, -0.15) is 0 Å². The third kappa shape index (κ3) is 2.48. The molecule has 0 saturated heterocycles. The average Bonchev–Trinajstić information content (AvgIpc) is 2.30. The van der Waals surface area contributed by atoms with E-state index in [9.17, 15) is 0 Å². The minimum absolute atomic E-state index is 0.669. The van der Waals surface area contributed by atoms with Gasteiger partial charge in [0.05, 0.1) is 0 Å². The Morgan fingerprint density at radius 3 is 2.38 bits per heavy atom. The Labute approximate surface area is 100 Å². The largest absolute Gasteiger partial charge is 0.0625 e. The maximum Gasteiger partial charge on any atom is -0.0102 e. The van der Waals surface area contributed by atoms with Crippen LogP contribution in [0.1, 0.15) is 45.1 Å². The predicted molar refractivity (Wildman–Crippen MR) is 70.2 cm³/mol. The van der Waals surface area contributed by atoms with E-state index in [-0.39, 0.29) is 0 Å². The van der Waals surface area contributed by atoms with Crippen LogP contribution in [0.4, 0.5) is 0 Å². The third-order valence-corrected chi connectivity index (χ3v) is 4.06. The zero-order valence-corrected chi connectivity index (χ0v) is 10.7. The van der Waals surface area contributed by atoms with Crippen molar-refractivity contribution in [3.63, 3.8) is 0 Å². The first-order chi connectivity index (χ1) is 7.68. The number of rotatable bonds is 2. The van der Waals surface area contributed by atoms with Crippen LogP contribution < -0.4 is 0 Å². The quantitative estimate of drug-likeness (QED) is 0.672. The molecule has 0 heterocycles. The second-order valence-corrected chi connectivity index (χ2v) is 5.59. The van der Waals surface area contributed by atoms with Gasteiger partial charge in [0.15, 0.2) is 0 Å². The third-order valence-electron chi connectivity index (χ3n) is 4.06. The predicted octanol–water partition coefficient (Wildman–Crippen LogP) is 4.68. The summed E-state index contributed by atoms with van der Waals surface area (Å²) in [4.78, 5) is 0. The average molecular weight is 215 g/mol. The van der Waals surface area contributed by atoms with Crippen molar-refractivity contribution in [1.29, 1.82) is 0 Å². The first-order valence-corrected chi connectivity index (χ1v) is 6.58. The van der Waals surface area contributed by atoms with Gasteiger partial charge in [-0.3, -0.25) is 0 Å². The molecular formula is C16H23. The molecule has 0 aliphatic heterocycles. The van der Waals surface area contributed by atoms with E-state index in [4.69, 9.17) is 0 Å².